The van der Waals surface area contributed by atoms with Crippen LogP contribution in [0.1, 0.15) is 5.56 Å². The van der Waals surface area contributed by atoms with Gasteiger partial charge in [0.15, 0.2) is 0 Å². The first-order valence-electron chi connectivity index (χ1n) is 3.71. The lowest BCUT2D eigenvalue weighted by molar-refractivity contribution is 0.439. The topological polar surface area (TPSA) is 9.23 Å². The lowest BCUT2D eigenvalue weighted by Gasteiger charge is -2.05. The Morgan fingerprint density at radius 1 is 1.50 bits per heavy atom. The maximum Gasteiger partial charge on any atom is 0.139 e. The van der Waals surface area contributed by atoms with Crippen molar-refractivity contribution in [1.82, 2.24) is 0 Å². The molecule has 0 aliphatic heterocycles. The van der Waals surface area contributed by atoms with E-state index in [0.29, 0.717) is 15.8 Å². The fraction of sp³-hybridized carbons (Fsp3) is 0. The molecule has 0 N–H and O–H groups in total. The Bertz CT molecular complexity index is 356. The van der Waals surface area contributed by atoms with Crippen molar-refractivity contribution in [3.63, 3.8) is 0 Å². The summed E-state index contributed by atoms with van der Waals surface area (Å²) in [7, 11) is 0. The standard InChI is InChI=1S/C10H7BrFIO/c1-2-14-10(6-13)7-3-8(11)5-9(12)4-7/h2-6H,1H2/b10-6-. The lowest BCUT2D eigenvalue weighted by atomic mass is 10.2. The van der Waals surface area contributed by atoms with Gasteiger partial charge >= 0.3 is 0 Å². The van der Waals surface area contributed by atoms with Crippen LogP contribution in [0.3, 0.4) is 0 Å². The van der Waals surface area contributed by atoms with E-state index in [4.69, 9.17) is 4.74 Å². The van der Waals surface area contributed by atoms with E-state index >= 15 is 0 Å². The molecule has 0 aliphatic rings. The van der Waals surface area contributed by atoms with Crippen molar-refractivity contribution in [2.24, 2.45) is 0 Å². The highest BCUT2D eigenvalue weighted by Crippen LogP contribution is 2.23. The van der Waals surface area contributed by atoms with Crippen molar-refractivity contribution in [2.45, 2.75) is 0 Å². The molecule has 1 nitrogen and oxygen atoms in total. The molecule has 1 aromatic rings. The minimum atomic E-state index is -0.308. The first-order chi connectivity index (χ1) is 6.67. The van der Waals surface area contributed by atoms with Gasteiger partial charge in [0, 0.05) is 14.1 Å². The molecule has 74 valence electrons. The highest BCUT2D eigenvalue weighted by molar-refractivity contribution is 14.1. The fourth-order valence-electron chi connectivity index (χ4n) is 0.943. The number of rotatable bonds is 3. The second kappa shape index (κ2) is 5.50. The van der Waals surface area contributed by atoms with Crippen molar-refractivity contribution in [3.05, 3.63) is 51.0 Å². The van der Waals surface area contributed by atoms with Crippen LogP contribution in [0.4, 0.5) is 4.39 Å². The molecule has 14 heavy (non-hydrogen) atoms. The molecule has 0 saturated heterocycles. The maximum atomic E-state index is 13.0. The molecule has 0 atom stereocenters. The monoisotopic (exact) mass is 368 g/mol. The molecule has 0 saturated carbocycles. The van der Waals surface area contributed by atoms with E-state index in [1.807, 2.05) is 22.6 Å². The summed E-state index contributed by atoms with van der Waals surface area (Å²) in [6.45, 7) is 3.45. The zero-order valence-corrected chi connectivity index (χ0v) is 10.9. The van der Waals surface area contributed by atoms with Crippen molar-refractivity contribution in [3.8, 4) is 0 Å². The minimum Gasteiger partial charge on any atom is -0.465 e. The van der Waals surface area contributed by atoms with E-state index in [0.717, 1.165) is 0 Å². The third-order valence-electron chi connectivity index (χ3n) is 1.46. The average Bonchev–Trinajstić information content (AvgIpc) is 2.12. The van der Waals surface area contributed by atoms with Crippen molar-refractivity contribution in [1.29, 1.82) is 0 Å². The van der Waals surface area contributed by atoms with Gasteiger partial charge in [-0.15, -0.1) is 0 Å². The summed E-state index contributed by atoms with van der Waals surface area (Å²) in [5.74, 6) is 0.263. The van der Waals surface area contributed by atoms with Crippen LogP contribution in [0.25, 0.3) is 5.76 Å². The summed E-state index contributed by atoms with van der Waals surface area (Å²) in [6.07, 6.45) is 1.31. The second-order valence-corrected chi connectivity index (χ2v) is 3.95. The van der Waals surface area contributed by atoms with E-state index in [9.17, 15) is 4.39 Å². The van der Waals surface area contributed by atoms with E-state index in [-0.39, 0.29) is 5.82 Å². The van der Waals surface area contributed by atoms with Gasteiger partial charge in [-0.05, 0) is 40.8 Å². The zero-order chi connectivity index (χ0) is 10.6. The molecule has 0 amide bonds. The Hall–Kier alpha value is -0.360. The smallest absolute Gasteiger partial charge is 0.139 e. The fourth-order valence-corrected chi connectivity index (χ4v) is 1.91. The molecule has 4 heteroatoms. The van der Waals surface area contributed by atoms with E-state index in [1.54, 1.807) is 10.1 Å². The van der Waals surface area contributed by atoms with Gasteiger partial charge in [0.05, 0.1) is 6.26 Å². The highest BCUT2D eigenvalue weighted by atomic mass is 127. The van der Waals surface area contributed by atoms with Gasteiger partial charge in [-0.1, -0.05) is 22.5 Å². The Balaban J connectivity index is 3.10. The molecule has 0 heterocycles. The Kier molecular flexibility index (Phi) is 4.60. The molecule has 0 unspecified atom stereocenters. The predicted octanol–water partition coefficient (Wildman–Crippen LogP) is 4.48. The van der Waals surface area contributed by atoms with E-state index < -0.39 is 0 Å². The molecular weight excluding hydrogens is 362 g/mol. The number of benzene rings is 1. The Morgan fingerprint density at radius 3 is 2.71 bits per heavy atom. The number of hydrogen-bond acceptors (Lipinski definition) is 1. The predicted molar refractivity (Wildman–Crippen MR) is 67.4 cm³/mol. The summed E-state index contributed by atoms with van der Waals surface area (Å²) in [5, 5.41) is 0. The lowest BCUT2D eigenvalue weighted by Crippen LogP contribution is -1.87. The largest absolute Gasteiger partial charge is 0.465 e. The maximum absolute atomic E-state index is 13.0. The van der Waals surface area contributed by atoms with Crippen LogP contribution in [0.2, 0.25) is 0 Å². The molecule has 1 aromatic carbocycles. The zero-order valence-electron chi connectivity index (χ0n) is 7.14. The van der Waals surface area contributed by atoms with E-state index in [2.05, 4.69) is 22.5 Å². The summed E-state index contributed by atoms with van der Waals surface area (Å²) >= 11 is 5.24. The van der Waals surface area contributed by atoms with Crippen LogP contribution in [-0.4, -0.2) is 0 Å². The SMILES string of the molecule is C=CO/C(=C\I)c1cc(F)cc(Br)c1. The molecule has 0 spiro atoms. The second-order valence-electron chi connectivity index (χ2n) is 2.42. The molecule has 1 rings (SSSR count). The van der Waals surface area contributed by atoms with Crippen molar-refractivity contribution < 1.29 is 9.13 Å². The molecule has 0 radical (unpaired) electrons. The van der Waals surface area contributed by atoms with Gasteiger partial charge in [-0.3, -0.25) is 0 Å². The first-order valence-corrected chi connectivity index (χ1v) is 5.75. The molecule has 0 aromatic heterocycles. The number of halogens is 3. The minimum absolute atomic E-state index is 0.308. The average molecular weight is 369 g/mol. The third-order valence-corrected chi connectivity index (χ3v) is 2.48. The van der Waals surface area contributed by atoms with E-state index in [1.165, 1.54) is 18.4 Å². The van der Waals surface area contributed by atoms with Gasteiger partial charge in [0.1, 0.15) is 11.6 Å². The summed E-state index contributed by atoms with van der Waals surface area (Å²) in [4.78, 5) is 0. The molecule has 0 aliphatic carbocycles. The summed E-state index contributed by atoms with van der Waals surface area (Å²) in [5.41, 5.74) is 0.672. The van der Waals surface area contributed by atoms with Crippen LogP contribution in [0.5, 0.6) is 0 Å². The highest BCUT2D eigenvalue weighted by Gasteiger charge is 2.04. The van der Waals surface area contributed by atoms with Crippen LogP contribution in [-0.2, 0) is 4.74 Å². The Labute approximate surface area is 104 Å². The number of hydrogen-bond donors (Lipinski definition) is 0. The molecule has 0 fully saturated rings. The van der Waals surface area contributed by atoms with Gasteiger partial charge in [-0.2, -0.15) is 0 Å². The van der Waals surface area contributed by atoms with Crippen LogP contribution < -0.4 is 0 Å². The first kappa shape index (κ1) is 11.7. The number of ether oxygens (including phenoxy) is 1. The van der Waals surface area contributed by atoms with Gasteiger partial charge in [-0.25, -0.2) is 4.39 Å². The summed E-state index contributed by atoms with van der Waals surface area (Å²) in [6, 6.07) is 4.57. The van der Waals surface area contributed by atoms with Crippen LogP contribution >= 0.6 is 38.5 Å². The van der Waals surface area contributed by atoms with Gasteiger partial charge in [0.2, 0.25) is 0 Å². The molecule has 0 bridgehead atoms. The third kappa shape index (κ3) is 3.09. The van der Waals surface area contributed by atoms with Gasteiger partial charge in [0.25, 0.3) is 0 Å². The molecular formula is C10H7BrFIO. The van der Waals surface area contributed by atoms with Crippen LogP contribution in [0, 0.1) is 5.82 Å². The quantitative estimate of drug-likeness (QED) is 0.564. The van der Waals surface area contributed by atoms with Crippen LogP contribution in [0.15, 0.2) is 39.6 Å². The van der Waals surface area contributed by atoms with Crippen molar-refractivity contribution >= 4 is 44.3 Å². The van der Waals surface area contributed by atoms with Gasteiger partial charge < -0.3 is 4.74 Å². The van der Waals surface area contributed by atoms with Crippen molar-refractivity contribution in [2.75, 3.05) is 0 Å². The normalized spacial score (nSPS) is 11.2. The Morgan fingerprint density at radius 2 is 2.21 bits per heavy atom. The summed E-state index contributed by atoms with van der Waals surface area (Å²) < 4.78 is 20.5.